The SMILES string of the molecule is Cn1cc(-c2ccc(F)cc2)c(-c2ccncc2)c1CCN1CCOCC1. The number of aryl methyl sites for hydroxylation is 1. The molecule has 1 aliphatic rings. The van der Waals surface area contributed by atoms with E-state index in [0.29, 0.717) is 0 Å². The molecule has 0 N–H and O–H groups in total. The number of aromatic nitrogens is 2. The number of hydrogen-bond donors (Lipinski definition) is 0. The van der Waals surface area contributed by atoms with Crippen LogP contribution in [-0.2, 0) is 18.2 Å². The summed E-state index contributed by atoms with van der Waals surface area (Å²) in [6.45, 7) is 4.60. The van der Waals surface area contributed by atoms with Crippen LogP contribution in [0, 0.1) is 5.82 Å². The van der Waals surface area contributed by atoms with Crippen LogP contribution in [0.25, 0.3) is 22.3 Å². The van der Waals surface area contributed by atoms with Crippen LogP contribution in [0.2, 0.25) is 0 Å². The van der Waals surface area contributed by atoms with E-state index in [1.165, 1.54) is 23.4 Å². The largest absolute Gasteiger partial charge is 0.379 e. The van der Waals surface area contributed by atoms with E-state index in [2.05, 4.69) is 27.7 Å². The fourth-order valence-corrected chi connectivity index (χ4v) is 3.75. The molecule has 4 nitrogen and oxygen atoms in total. The van der Waals surface area contributed by atoms with Crippen molar-refractivity contribution in [3.8, 4) is 22.3 Å². The second-order valence-corrected chi connectivity index (χ2v) is 6.92. The number of morpholine rings is 1. The molecule has 3 aromatic rings. The molecule has 1 aliphatic heterocycles. The Morgan fingerprint density at radius 1 is 1.00 bits per heavy atom. The molecule has 3 heterocycles. The molecule has 0 aliphatic carbocycles. The molecule has 0 amide bonds. The number of hydrogen-bond acceptors (Lipinski definition) is 3. The molecule has 1 aromatic carbocycles. The van der Waals surface area contributed by atoms with Crippen molar-refractivity contribution in [2.45, 2.75) is 6.42 Å². The number of ether oxygens (including phenoxy) is 1. The third-order valence-electron chi connectivity index (χ3n) is 5.20. The van der Waals surface area contributed by atoms with Crippen LogP contribution in [0.5, 0.6) is 0 Å². The number of pyridine rings is 1. The maximum atomic E-state index is 13.4. The highest BCUT2D eigenvalue weighted by molar-refractivity contribution is 5.85. The molecule has 0 radical (unpaired) electrons. The van der Waals surface area contributed by atoms with Crippen molar-refractivity contribution in [3.05, 3.63) is 66.5 Å². The van der Waals surface area contributed by atoms with Crippen molar-refractivity contribution in [1.82, 2.24) is 14.5 Å². The fraction of sp³-hybridized carbons (Fsp3) is 0.318. The molecule has 0 saturated carbocycles. The first-order valence-corrected chi connectivity index (χ1v) is 9.37. The molecule has 0 spiro atoms. The molecular weight excluding hydrogens is 341 g/mol. The predicted molar refractivity (Wildman–Crippen MR) is 105 cm³/mol. The summed E-state index contributed by atoms with van der Waals surface area (Å²) in [5, 5.41) is 0. The average molecular weight is 365 g/mol. The topological polar surface area (TPSA) is 30.3 Å². The molecule has 5 heteroatoms. The van der Waals surface area contributed by atoms with Gasteiger partial charge in [-0.25, -0.2) is 4.39 Å². The van der Waals surface area contributed by atoms with E-state index in [-0.39, 0.29) is 5.82 Å². The first kappa shape index (κ1) is 17.9. The lowest BCUT2D eigenvalue weighted by Gasteiger charge is -2.26. The highest BCUT2D eigenvalue weighted by Gasteiger charge is 2.19. The maximum absolute atomic E-state index is 13.4. The number of halogens is 1. The Morgan fingerprint density at radius 3 is 2.41 bits per heavy atom. The number of rotatable bonds is 5. The van der Waals surface area contributed by atoms with Crippen LogP contribution in [-0.4, -0.2) is 47.3 Å². The van der Waals surface area contributed by atoms with Gasteiger partial charge in [-0.15, -0.1) is 0 Å². The minimum absolute atomic E-state index is 0.215. The lowest BCUT2D eigenvalue weighted by atomic mass is 9.96. The normalized spacial score (nSPS) is 15.2. The van der Waals surface area contributed by atoms with E-state index < -0.39 is 0 Å². The van der Waals surface area contributed by atoms with Crippen LogP contribution in [0.15, 0.2) is 55.0 Å². The van der Waals surface area contributed by atoms with E-state index in [1.807, 2.05) is 36.7 Å². The Balaban J connectivity index is 1.72. The Hall–Kier alpha value is -2.50. The third-order valence-corrected chi connectivity index (χ3v) is 5.20. The van der Waals surface area contributed by atoms with Crippen molar-refractivity contribution >= 4 is 0 Å². The Bertz CT molecular complexity index is 884. The summed E-state index contributed by atoms with van der Waals surface area (Å²) in [6, 6.07) is 10.8. The summed E-state index contributed by atoms with van der Waals surface area (Å²) in [4.78, 5) is 6.61. The Labute approximate surface area is 159 Å². The molecular formula is C22H24FN3O. The minimum Gasteiger partial charge on any atom is -0.379 e. The van der Waals surface area contributed by atoms with Crippen LogP contribution >= 0.6 is 0 Å². The van der Waals surface area contributed by atoms with Gasteiger partial charge in [0.1, 0.15) is 5.82 Å². The first-order valence-electron chi connectivity index (χ1n) is 9.37. The zero-order chi connectivity index (χ0) is 18.6. The summed E-state index contributed by atoms with van der Waals surface area (Å²) >= 11 is 0. The van der Waals surface area contributed by atoms with Crippen LogP contribution in [0.4, 0.5) is 4.39 Å². The summed E-state index contributed by atoms with van der Waals surface area (Å²) in [5.74, 6) is -0.215. The van der Waals surface area contributed by atoms with Crippen molar-refractivity contribution < 1.29 is 9.13 Å². The maximum Gasteiger partial charge on any atom is 0.123 e. The van der Waals surface area contributed by atoms with Gasteiger partial charge in [0.15, 0.2) is 0 Å². The van der Waals surface area contributed by atoms with Crippen molar-refractivity contribution in [3.63, 3.8) is 0 Å². The van der Waals surface area contributed by atoms with E-state index >= 15 is 0 Å². The van der Waals surface area contributed by atoms with Gasteiger partial charge in [-0.1, -0.05) is 12.1 Å². The summed E-state index contributed by atoms with van der Waals surface area (Å²) in [7, 11) is 2.09. The molecule has 140 valence electrons. The Morgan fingerprint density at radius 2 is 1.70 bits per heavy atom. The number of nitrogens with zero attached hydrogens (tertiary/aromatic N) is 3. The van der Waals surface area contributed by atoms with Gasteiger partial charge in [0, 0.05) is 68.5 Å². The molecule has 2 aromatic heterocycles. The lowest BCUT2D eigenvalue weighted by molar-refractivity contribution is 0.0383. The van der Waals surface area contributed by atoms with Gasteiger partial charge in [0.25, 0.3) is 0 Å². The van der Waals surface area contributed by atoms with E-state index in [4.69, 9.17) is 4.74 Å². The second kappa shape index (κ2) is 8.03. The van der Waals surface area contributed by atoms with Crippen molar-refractivity contribution in [2.75, 3.05) is 32.8 Å². The van der Waals surface area contributed by atoms with Gasteiger partial charge in [0.2, 0.25) is 0 Å². The average Bonchev–Trinajstić information content (AvgIpc) is 3.04. The zero-order valence-electron chi connectivity index (χ0n) is 15.6. The van der Waals surface area contributed by atoms with Gasteiger partial charge in [-0.05, 0) is 35.4 Å². The van der Waals surface area contributed by atoms with E-state index in [1.54, 1.807) is 0 Å². The summed E-state index contributed by atoms with van der Waals surface area (Å²) in [6.07, 6.45) is 6.75. The van der Waals surface area contributed by atoms with Gasteiger partial charge >= 0.3 is 0 Å². The highest BCUT2D eigenvalue weighted by atomic mass is 19.1. The summed E-state index contributed by atoms with van der Waals surface area (Å²) < 4.78 is 21.1. The molecule has 0 atom stereocenters. The zero-order valence-corrected chi connectivity index (χ0v) is 15.6. The summed E-state index contributed by atoms with van der Waals surface area (Å²) in [5.41, 5.74) is 5.78. The molecule has 0 unspecified atom stereocenters. The predicted octanol–water partition coefficient (Wildman–Crippen LogP) is 3.77. The first-order chi connectivity index (χ1) is 13.2. The van der Waals surface area contributed by atoms with Crippen molar-refractivity contribution in [2.24, 2.45) is 7.05 Å². The molecule has 1 fully saturated rings. The van der Waals surface area contributed by atoms with Crippen LogP contribution in [0.1, 0.15) is 5.69 Å². The van der Waals surface area contributed by atoms with Gasteiger partial charge in [-0.3, -0.25) is 9.88 Å². The monoisotopic (exact) mass is 365 g/mol. The van der Waals surface area contributed by atoms with E-state index in [9.17, 15) is 4.39 Å². The molecule has 27 heavy (non-hydrogen) atoms. The third kappa shape index (κ3) is 3.94. The second-order valence-electron chi connectivity index (χ2n) is 6.92. The fourth-order valence-electron chi connectivity index (χ4n) is 3.75. The lowest BCUT2D eigenvalue weighted by Crippen LogP contribution is -2.37. The van der Waals surface area contributed by atoms with Gasteiger partial charge < -0.3 is 9.30 Å². The van der Waals surface area contributed by atoms with E-state index in [0.717, 1.165) is 56.0 Å². The van der Waals surface area contributed by atoms with Gasteiger partial charge in [0.05, 0.1) is 13.2 Å². The standard InChI is InChI=1S/C22H24FN3O/c1-25-16-20(17-2-4-19(23)5-3-17)22(18-6-9-24-10-7-18)21(25)8-11-26-12-14-27-15-13-26/h2-7,9-10,16H,8,11-15H2,1H3. The highest BCUT2D eigenvalue weighted by Crippen LogP contribution is 2.36. The quantitative estimate of drug-likeness (QED) is 0.690. The molecule has 0 bridgehead atoms. The van der Waals surface area contributed by atoms with Gasteiger partial charge in [-0.2, -0.15) is 0 Å². The molecule has 1 saturated heterocycles. The molecule has 4 rings (SSSR count). The van der Waals surface area contributed by atoms with Crippen molar-refractivity contribution in [1.29, 1.82) is 0 Å². The smallest absolute Gasteiger partial charge is 0.123 e. The minimum atomic E-state index is -0.215. The van der Waals surface area contributed by atoms with Crippen LogP contribution < -0.4 is 0 Å². The number of benzene rings is 1. The van der Waals surface area contributed by atoms with Crippen LogP contribution in [0.3, 0.4) is 0 Å². The Kier molecular flexibility index (Phi) is 5.32.